The average Bonchev–Trinajstić information content (AvgIpc) is 2.83. The number of benzene rings is 2. The molecule has 3 N–H and O–H groups in total. The van der Waals surface area contributed by atoms with Crippen LogP contribution in [0.3, 0.4) is 0 Å². The number of alkyl halides is 3. The summed E-state index contributed by atoms with van der Waals surface area (Å²) in [6, 6.07) is 8.33. The topological polar surface area (TPSA) is 131 Å². The van der Waals surface area contributed by atoms with Gasteiger partial charge < -0.3 is 15.8 Å². The summed E-state index contributed by atoms with van der Waals surface area (Å²) in [5.74, 6) is -1.27. The molecule has 0 aromatic heterocycles. The quantitative estimate of drug-likeness (QED) is 0.588. The van der Waals surface area contributed by atoms with Gasteiger partial charge in [0.1, 0.15) is 5.75 Å². The summed E-state index contributed by atoms with van der Waals surface area (Å²) in [5, 5.41) is 2.65. The molecule has 0 fully saturated rings. The second kappa shape index (κ2) is 9.25. The lowest BCUT2D eigenvalue weighted by molar-refractivity contribution is -0.201. The number of fused-ring (bicyclic) bond motifs is 2. The van der Waals surface area contributed by atoms with E-state index in [1.807, 2.05) is 0 Å². The van der Waals surface area contributed by atoms with E-state index in [-0.39, 0.29) is 52.2 Å². The van der Waals surface area contributed by atoms with Gasteiger partial charge in [0.15, 0.2) is 21.9 Å². The van der Waals surface area contributed by atoms with E-state index in [0.29, 0.717) is 5.56 Å². The average molecular weight is 565 g/mol. The molecule has 3 atom stereocenters. The van der Waals surface area contributed by atoms with Crippen LogP contribution >= 0.6 is 0 Å². The monoisotopic (exact) mass is 564 g/mol. The van der Waals surface area contributed by atoms with Crippen LogP contribution in [0.25, 0.3) is 0 Å². The Bertz CT molecular complexity index is 1490. The van der Waals surface area contributed by atoms with Gasteiger partial charge in [-0.1, -0.05) is 18.2 Å². The highest BCUT2D eigenvalue weighted by molar-refractivity contribution is 7.91. The first-order chi connectivity index (χ1) is 18.2. The molecule has 13 heteroatoms. The lowest BCUT2D eigenvalue weighted by Gasteiger charge is -2.40. The molecule has 2 amide bonds. The SMILES string of the molecule is CC1(C)CC(=O)N([C@H]2CCS(=O)(=O)c3ccc(C(=O)N[C@H]4CC(C(F)(F)F)Oc5ccccc54)cc32)C(N)=N1. The number of hydrogen-bond acceptors (Lipinski definition) is 7. The maximum atomic E-state index is 13.5. The fraction of sp³-hybridized carbons (Fsp3) is 0.423. The van der Waals surface area contributed by atoms with E-state index in [1.54, 1.807) is 32.0 Å². The van der Waals surface area contributed by atoms with Crippen LogP contribution in [0, 0.1) is 0 Å². The van der Waals surface area contributed by atoms with Crippen LogP contribution in [0.1, 0.15) is 66.7 Å². The van der Waals surface area contributed by atoms with Crippen molar-refractivity contribution in [2.75, 3.05) is 5.75 Å². The Morgan fingerprint density at radius 3 is 2.59 bits per heavy atom. The van der Waals surface area contributed by atoms with E-state index in [4.69, 9.17) is 10.5 Å². The number of nitrogens with two attached hydrogens (primary N) is 1. The van der Waals surface area contributed by atoms with Crippen LogP contribution in [0.15, 0.2) is 52.4 Å². The number of ether oxygens (including phenoxy) is 1. The van der Waals surface area contributed by atoms with E-state index >= 15 is 0 Å². The Balaban J connectivity index is 1.49. The van der Waals surface area contributed by atoms with E-state index in [9.17, 15) is 31.2 Å². The molecule has 3 aliphatic heterocycles. The minimum absolute atomic E-state index is 0.0225. The zero-order valence-corrected chi connectivity index (χ0v) is 22.0. The van der Waals surface area contributed by atoms with Gasteiger partial charge in [0, 0.05) is 17.5 Å². The third-order valence-corrected chi connectivity index (χ3v) is 8.95. The van der Waals surface area contributed by atoms with Crippen LogP contribution in [0.2, 0.25) is 0 Å². The molecule has 9 nitrogen and oxygen atoms in total. The summed E-state index contributed by atoms with van der Waals surface area (Å²) in [5.41, 5.74) is 6.07. The fourth-order valence-electron chi connectivity index (χ4n) is 5.35. The second-order valence-corrected chi connectivity index (χ2v) is 12.6. The molecule has 1 unspecified atom stereocenters. The number of rotatable bonds is 3. The van der Waals surface area contributed by atoms with Crippen LogP contribution in [0.4, 0.5) is 13.2 Å². The summed E-state index contributed by atoms with van der Waals surface area (Å²) in [7, 11) is -3.70. The van der Waals surface area contributed by atoms with Gasteiger partial charge in [-0.3, -0.25) is 14.5 Å². The molecular formula is C26H27F3N4O5S. The molecule has 39 heavy (non-hydrogen) atoms. The summed E-state index contributed by atoms with van der Waals surface area (Å²) in [6.07, 6.45) is -7.16. The molecule has 5 rings (SSSR count). The Kier molecular flexibility index (Phi) is 6.40. The highest BCUT2D eigenvalue weighted by Gasteiger charge is 2.47. The number of nitrogens with one attached hydrogen (secondary N) is 1. The van der Waals surface area contributed by atoms with E-state index < -0.39 is 52.1 Å². The maximum Gasteiger partial charge on any atom is 0.425 e. The number of carbonyl (C=O) groups is 2. The van der Waals surface area contributed by atoms with Crippen molar-refractivity contribution < 1.29 is 35.9 Å². The first-order valence-electron chi connectivity index (χ1n) is 12.3. The molecule has 2 aromatic rings. The molecule has 0 radical (unpaired) electrons. The summed E-state index contributed by atoms with van der Waals surface area (Å²) < 4.78 is 71.4. The minimum atomic E-state index is -4.64. The first kappa shape index (κ1) is 27.0. The van der Waals surface area contributed by atoms with Gasteiger partial charge in [-0.05, 0) is 50.1 Å². The lowest BCUT2D eigenvalue weighted by Crippen LogP contribution is -2.52. The predicted octanol–water partition coefficient (Wildman–Crippen LogP) is 3.42. The van der Waals surface area contributed by atoms with Crippen molar-refractivity contribution in [2.45, 2.75) is 67.9 Å². The highest BCUT2D eigenvalue weighted by atomic mass is 32.2. The zero-order valence-electron chi connectivity index (χ0n) is 21.2. The van der Waals surface area contributed by atoms with Crippen LogP contribution in [-0.4, -0.2) is 54.7 Å². The third-order valence-electron chi connectivity index (χ3n) is 7.14. The van der Waals surface area contributed by atoms with Crippen molar-refractivity contribution in [3.8, 4) is 5.75 Å². The standard InChI is InChI=1S/C26H27F3N4O5S/c1-25(2)13-22(34)33(24(30)32-25)18-9-10-39(36,37)20-8-7-14(11-16(18)20)23(35)31-17-12-21(26(27,28)29)38-19-6-4-3-5-15(17)19/h3-8,11,17-18,21H,9-10,12-13H2,1-2H3,(H2,30,32)(H,31,35)/t17-,18-,21?/m0/s1. The molecule has 3 heterocycles. The molecule has 0 aliphatic carbocycles. The largest absolute Gasteiger partial charge is 0.480 e. The number of nitrogens with zero attached hydrogens (tertiary/aromatic N) is 2. The maximum absolute atomic E-state index is 13.5. The molecule has 208 valence electrons. The van der Waals surface area contributed by atoms with Crippen molar-refractivity contribution in [1.82, 2.24) is 10.2 Å². The Hall–Kier alpha value is -3.61. The van der Waals surface area contributed by atoms with E-state index in [2.05, 4.69) is 10.3 Å². The van der Waals surface area contributed by atoms with Gasteiger partial charge >= 0.3 is 6.18 Å². The van der Waals surface area contributed by atoms with Crippen molar-refractivity contribution in [2.24, 2.45) is 10.7 Å². The Labute approximate surface area is 223 Å². The van der Waals surface area contributed by atoms with Gasteiger partial charge in [-0.25, -0.2) is 13.4 Å². The normalized spacial score (nSPS) is 25.6. The van der Waals surface area contributed by atoms with Crippen LogP contribution in [0.5, 0.6) is 5.75 Å². The number of carbonyl (C=O) groups excluding carboxylic acids is 2. The third kappa shape index (κ3) is 5.07. The summed E-state index contributed by atoms with van der Waals surface area (Å²) in [4.78, 5) is 32.0. The first-order valence-corrected chi connectivity index (χ1v) is 14.0. The van der Waals surface area contributed by atoms with Crippen molar-refractivity contribution in [1.29, 1.82) is 0 Å². The van der Waals surface area contributed by atoms with Crippen LogP contribution in [-0.2, 0) is 14.6 Å². The van der Waals surface area contributed by atoms with Crippen LogP contribution < -0.4 is 15.8 Å². The molecular weight excluding hydrogens is 537 g/mol. The number of halogens is 3. The van der Waals surface area contributed by atoms with Gasteiger partial charge in [-0.15, -0.1) is 0 Å². The van der Waals surface area contributed by atoms with Gasteiger partial charge in [0.05, 0.1) is 34.7 Å². The van der Waals surface area contributed by atoms with Crippen molar-refractivity contribution >= 4 is 27.6 Å². The summed E-state index contributed by atoms with van der Waals surface area (Å²) in [6.45, 7) is 3.52. The Morgan fingerprint density at radius 1 is 1.18 bits per heavy atom. The number of aliphatic imine (C=N–C) groups is 1. The fourth-order valence-corrected chi connectivity index (χ4v) is 6.93. The van der Waals surface area contributed by atoms with Gasteiger partial charge in [0.2, 0.25) is 5.91 Å². The lowest BCUT2D eigenvalue weighted by atomic mass is 9.94. The zero-order chi connectivity index (χ0) is 28.3. The molecule has 0 bridgehead atoms. The van der Waals surface area contributed by atoms with Crippen molar-refractivity contribution in [3.63, 3.8) is 0 Å². The number of sulfone groups is 1. The van der Waals surface area contributed by atoms with E-state index in [1.165, 1.54) is 29.2 Å². The number of amides is 2. The van der Waals surface area contributed by atoms with Gasteiger partial charge in [0.25, 0.3) is 5.91 Å². The molecule has 2 aromatic carbocycles. The Morgan fingerprint density at radius 2 is 1.90 bits per heavy atom. The molecule has 3 aliphatic rings. The van der Waals surface area contributed by atoms with Crippen molar-refractivity contribution in [3.05, 3.63) is 59.2 Å². The number of guanidine groups is 1. The number of hydrogen-bond donors (Lipinski definition) is 2. The second-order valence-electron chi connectivity index (χ2n) is 10.5. The highest BCUT2D eigenvalue weighted by Crippen LogP contribution is 2.41. The number of para-hydroxylation sites is 1. The molecule has 0 saturated heterocycles. The van der Waals surface area contributed by atoms with E-state index in [0.717, 1.165) is 0 Å². The predicted molar refractivity (Wildman–Crippen MR) is 135 cm³/mol. The smallest absolute Gasteiger partial charge is 0.425 e. The summed E-state index contributed by atoms with van der Waals surface area (Å²) >= 11 is 0. The molecule has 0 spiro atoms. The minimum Gasteiger partial charge on any atom is -0.480 e. The van der Waals surface area contributed by atoms with Gasteiger partial charge in [-0.2, -0.15) is 13.2 Å². The molecule has 0 saturated carbocycles.